The van der Waals surface area contributed by atoms with Gasteiger partial charge in [0.05, 0.1) is 7.11 Å². The van der Waals surface area contributed by atoms with Crippen LogP contribution in [-0.4, -0.2) is 25.1 Å². The van der Waals surface area contributed by atoms with Gasteiger partial charge in [0.1, 0.15) is 5.75 Å². The van der Waals surface area contributed by atoms with Crippen molar-refractivity contribution in [2.24, 2.45) is 11.1 Å². The van der Waals surface area contributed by atoms with Gasteiger partial charge in [0.15, 0.2) is 0 Å². The van der Waals surface area contributed by atoms with Crippen LogP contribution in [0.2, 0.25) is 0 Å². The molecule has 2 N–H and O–H groups in total. The molecule has 1 heterocycles. The number of hydrogen-bond acceptors (Lipinski definition) is 3. The molecular formula is C16H26N2O. The van der Waals surface area contributed by atoms with Crippen LogP contribution in [0, 0.1) is 5.41 Å². The molecule has 1 aromatic rings. The summed E-state index contributed by atoms with van der Waals surface area (Å²) >= 11 is 0. The summed E-state index contributed by atoms with van der Waals surface area (Å²) in [7, 11) is 1.70. The lowest BCUT2D eigenvalue weighted by atomic mass is 9.82. The first-order valence-electron chi connectivity index (χ1n) is 7.12. The zero-order valence-electron chi connectivity index (χ0n) is 12.4. The Labute approximate surface area is 116 Å². The molecule has 1 fully saturated rings. The van der Waals surface area contributed by atoms with Crippen molar-refractivity contribution in [1.82, 2.24) is 4.90 Å². The first-order chi connectivity index (χ1) is 9.04. The quantitative estimate of drug-likeness (QED) is 0.907. The van der Waals surface area contributed by atoms with Crippen molar-refractivity contribution in [3.8, 4) is 5.75 Å². The second-order valence-electron chi connectivity index (χ2n) is 6.29. The first kappa shape index (κ1) is 14.4. The minimum absolute atomic E-state index is 0.513. The van der Waals surface area contributed by atoms with Crippen molar-refractivity contribution in [3.05, 3.63) is 29.3 Å². The third kappa shape index (κ3) is 3.71. The number of rotatable bonds is 4. The van der Waals surface area contributed by atoms with Crippen LogP contribution in [0.25, 0.3) is 0 Å². The van der Waals surface area contributed by atoms with Crippen LogP contribution >= 0.6 is 0 Å². The maximum Gasteiger partial charge on any atom is 0.123 e. The second-order valence-corrected chi connectivity index (χ2v) is 6.29. The van der Waals surface area contributed by atoms with Crippen LogP contribution in [0.3, 0.4) is 0 Å². The van der Waals surface area contributed by atoms with E-state index in [0.29, 0.717) is 12.0 Å². The molecule has 1 aliphatic heterocycles. The van der Waals surface area contributed by atoms with Gasteiger partial charge < -0.3 is 10.5 Å². The molecule has 2 rings (SSSR count). The molecule has 0 aliphatic carbocycles. The number of likely N-dealkylation sites (tertiary alicyclic amines) is 1. The van der Waals surface area contributed by atoms with E-state index in [-0.39, 0.29) is 0 Å². The molecule has 0 radical (unpaired) electrons. The molecule has 3 nitrogen and oxygen atoms in total. The highest BCUT2D eigenvalue weighted by atomic mass is 16.5. The Hall–Kier alpha value is -1.06. The van der Waals surface area contributed by atoms with Crippen LogP contribution in [-0.2, 0) is 13.1 Å². The lowest BCUT2D eigenvalue weighted by Gasteiger charge is -2.37. The lowest BCUT2D eigenvalue weighted by Crippen LogP contribution is -2.36. The van der Waals surface area contributed by atoms with E-state index in [9.17, 15) is 0 Å². The Morgan fingerprint density at radius 3 is 2.53 bits per heavy atom. The maximum atomic E-state index is 5.77. The molecule has 0 saturated carbocycles. The Balaban J connectivity index is 2.00. The van der Waals surface area contributed by atoms with Gasteiger partial charge in [-0.1, -0.05) is 19.9 Å². The van der Waals surface area contributed by atoms with Crippen molar-refractivity contribution >= 4 is 0 Å². The predicted molar refractivity (Wildman–Crippen MR) is 79.2 cm³/mol. The molecule has 1 aliphatic rings. The minimum atomic E-state index is 0.513. The molecule has 1 saturated heterocycles. The summed E-state index contributed by atoms with van der Waals surface area (Å²) in [6, 6.07) is 6.36. The highest BCUT2D eigenvalue weighted by molar-refractivity contribution is 5.37. The normalized spacial score (nSPS) is 19.4. The van der Waals surface area contributed by atoms with Crippen LogP contribution in [0.1, 0.15) is 37.8 Å². The molecule has 0 aromatic heterocycles. The monoisotopic (exact) mass is 262 g/mol. The summed E-state index contributed by atoms with van der Waals surface area (Å²) in [6.07, 6.45) is 2.57. The summed E-state index contributed by atoms with van der Waals surface area (Å²) in [4.78, 5) is 2.54. The van der Waals surface area contributed by atoms with Crippen LogP contribution in [0.15, 0.2) is 18.2 Å². The van der Waals surface area contributed by atoms with E-state index in [0.717, 1.165) is 17.9 Å². The fourth-order valence-corrected chi connectivity index (χ4v) is 2.66. The van der Waals surface area contributed by atoms with Crippen molar-refractivity contribution in [2.75, 3.05) is 20.2 Å². The zero-order chi connectivity index (χ0) is 13.9. The van der Waals surface area contributed by atoms with Crippen molar-refractivity contribution in [1.29, 1.82) is 0 Å². The SMILES string of the molecule is COc1ccc(CN2CCC(C)(C)CC2)cc1CN. The summed E-state index contributed by atoms with van der Waals surface area (Å²) in [5.41, 5.74) is 8.71. The summed E-state index contributed by atoms with van der Waals surface area (Å²) < 4.78 is 5.31. The Kier molecular flexibility index (Phi) is 4.48. The smallest absolute Gasteiger partial charge is 0.123 e. The van der Waals surface area contributed by atoms with E-state index >= 15 is 0 Å². The highest BCUT2D eigenvalue weighted by Gasteiger charge is 2.25. The number of methoxy groups -OCH3 is 1. The molecule has 3 heteroatoms. The van der Waals surface area contributed by atoms with Crippen molar-refractivity contribution < 1.29 is 4.74 Å². The van der Waals surface area contributed by atoms with Gasteiger partial charge in [-0.15, -0.1) is 0 Å². The molecule has 0 spiro atoms. The van der Waals surface area contributed by atoms with Gasteiger partial charge in [0.25, 0.3) is 0 Å². The number of nitrogens with zero attached hydrogens (tertiary/aromatic N) is 1. The Bertz CT molecular complexity index is 419. The van der Waals surface area contributed by atoms with Gasteiger partial charge in [-0.2, -0.15) is 0 Å². The molecule has 0 bridgehead atoms. The van der Waals surface area contributed by atoms with Gasteiger partial charge in [0, 0.05) is 18.7 Å². The largest absolute Gasteiger partial charge is 0.496 e. The van der Waals surface area contributed by atoms with Crippen LogP contribution in [0.4, 0.5) is 0 Å². The van der Waals surface area contributed by atoms with E-state index in [4.69, 9.17) is 10.5 Å². The van der Waals surface area contributed by atoms with Gasteiger partial charge in [0.2, 0.25) is 0 Å². The van der Waals surface area contributed by atoms with E-state index < -0.39 is 0 Å². The fourth-order valence-electron chi connectivity index (χ4n) is 2.66. The molecule has 1 aromatic carbocycles. The molecule has 0 unspecified atom stereocenters. The van der Waals surface area contributed by atoms with Crippen molar-refractivity contribution in [2.45, 2.75) is 39.8 Å². The number of nitrogens with two attached hydrogens (primary N) is 1. The average molecular weight is 262 g/mol. The second kappa shape index (κ2) is 5.93. The third-order valence-corrected chi connectivity index (χ3v) is 4.18. The van der Waals surface area contributed by atoms with E-state index in [2.05, 4.69) is 30.9 Å². The van der Waals surface area contributed by atoms with Gasteiger partial charge in [-0.05, 0) is 49.0 Å². The van der Waals surface area contributed by atoms with Gasteiger partial charge in [-0.25, -0.2) is 0 Å². The van der Waals surface area contributed by atoms with Crippen LogP contribution in [0.5, 0.6) is 5.75 Å². The van der Waals surface area contributed by atoms with E-state index in [1.54, 1.807) is 7.11 Å². The topological polar surface area (TPSA) is 38.5 Å². The van der Waals surface area contributed by atoms with Crippen LogP contribution < -0.4 is 10.5 Å². The lowest BCUT2D eigenvalue weighted by molar-refractivity contribution is 0.127. The average Bonchev–Trinajstić information content (AvgIpc) is 2.41. The molecular weight excluding hydrogens is 236 g/mol. The highest BCUT2D eigenvalue weighted by Crippen LogP contribution is 2.30. The van der Waals surface area contributed by atoms with Crippen molar-refractivity contribution in [3.63, 3.8) is 0 Å². The molecule has 0 amide bonds. The number of piperidine rings is 1. The number of benzene rings is 1. The standard InChI is InChI=1S/C16H26N2O/c1-16(2)6-8-18(9-7-16)12-13-4-5-15(19-3)14(10-13)11-17/h4-5,10H,6-9,11-12,17H2,1-3H3. The predicted octanol–water partition coefficient (Wildman–Crippen LogP) is 2.78. The number of hydrogen-bond donors (Lipinski definition) is 1. The third-order valence-electron chi connectivity index (χ3n) is 4.18. The van der Waals surface area contributed by atoms with Gasteiger partial charge in [-0.3, -0.25) is 4.90 Å². The maximum absolute atomic E-state index is 5.77. The Morgan fingerprint density at radius 1 is 1.26 bits per heavy atom. The summed E-state index contributed by atoms with van der Waals surface area (Å²) in [5.74, 6) is 0.894. The summed E-state index contributed by atoms with van der Waals surface area (Å²) in [5, 5.41) is 0. The minimum Gasteiger partial charge on any atom is -0.496 e. The molecule has 19 heavy (non-hydrogen) atoms. The molecule has 106 valence electrons. The number of ether oxygens (including phenoxy) is 1. The molecule has 0 atom stereocenters. The first-order valence-corrected chi connectivity index (χ1v) is 7.12. The van der Waals surface area contributed by atoms with E-state index in [1.807, 2.05) is 6.07 Å². The zero-order valence-corrected chi connectivity index (χ0v) is 12.4. The van der Waals surface area contributed by atoms with E-state index in [1.165, 1.54) is 31.5 Å². The summed E-state index contributed by atoms with van der Waals surface area (Å²) in [6.45, 7) is 8.67. The Morgan fingerprint density at radius 2 is 1.95 bits per heavy atom. The fraction of sp³-hybridized carbons (Fsp3) is 0.625. The van der Waals surface area contributed by atoms with Gasteiger partial charge >= 0.3 is 0 Å².